The maximum atomic E-state index is 10.9. The molecule has 0 spiro atoms. The zero-order chi connectivity index (χ0) is 13.7. The maximum Gasteiger partial charge on any atom is 0.245 e. The monoisotopic (exact) mass is 276 g/mol. The van der Waals surface area contributed by atoms with Crippen molar-refractivity contribution in [2.45, 2.75) is 13.3 Å². The van der Waals surface area contributed by atoms with E-state index in [1.807, 2.05) is 30.3 Å². The highest BCUT2D eigenvalue weighted by Crippen LogP contribution is 2.27. The van der Waals surface area contributed by atoms with Gasteiger partial charge in [0.1, 0.15) is 6.61 Å². The Labute approximate surface area is 116 Å². The highest BCUT2D eigenvalue weighted by molar-refractivity contribution is 7.12. The molecular weight excluding hydrogens is 260 g/mol. The predicted molar refractivity (Wildman–Crippen MR) is 76.1 cm³/mol. The lowest BCUT2D eigenvalue weighted by atomic mass is 10.1. The molecule has 2 N–H and O–H groups in total. The molecule has 4 nitrogen and oxygen atoms in total. The molecule has 0 aliphatic rings. The Balaban J connectivity index is 2.03. The first-order chi connectivity index (χ1) is 9.20. The van der Waals surface area contributed by atoms with Gasteiger partial charge >= 0.3 is 0 Å². The number of carbonyl (C=O) groups excluding carboxylic acids is 1. The molecule has 1 aromatic heterocycles. The highest BCUT2D eigenvalue weighted by atomic mass is 32.1. The van der Waals surface area contributed by atoms with Gasteiger partial charge in [0.05, 0.1) is 10.7 Å². The Morgan fingerprint density at radius 1 is 1.37 bits per heavy atom. The first kappa shape index (κ1) is 13.7. The molecule has 1 aromatic carbocycles. The number of benzene rings is 1. The minimum Gasteiger partial charge on any atom is -0.387 e. The lowest BCUT2D eigenvalue weighted by Gasteiger charge is -2.00. The SMILES string of the molecule is Cc1sc(CCNC(=O)CO)nc1-c1ccccc1. The number of thiazole rings is 1. The largest absolute Gasteiger partial charge is 0.387 e. The van der Waals surface area contributed by atoms with E-state index in [2.05, 4.69) is 17.2 Å². The van der Waals surface area contributed by atoms with Gasteiger partial charge in [0.25, 0.3) is 0 Å². The fourth-order valence-electron chi connectivity index (χ4n) is 1.79. The van der Waals surface area contributed by atoms with E-state index >= 15 is 0 Å². The molecule has 5 heteroatoms. The molecular formula is C14H16N2O2S. The van der Waals surface area contributed by atoms with Crippen LogP contribution < -0.4 is 5.32 Å². The van der Waals surface area contributed by atoms with Crippen LogP contribution in [0.2, 0.25) is 0 Å². The Hall–Kier alpha value is -1.72. The zero-order valence-electron chi connectivity index (χ0n) is 10.7. The third-order valence-corrected chi connectivity index (χ3v) is 3.72. The van der Waals surface area contributed by atoms with E-state index in [9.17, 15) is 4.79 Å². The number of aromatic nitrogens is 1. The summed E-state index contributed by atoms with van der Waals surface area (Å²) in [5.74, 6) is -0.350. The fraction of sp³-hybridized carbons (Fsp3) is 0.286. The lowest BCUT2D eigenvalue weighted by molar-refractivity contribution is -0.123. The predicted octanol–water partition coefficient (Wildman–Crippen LogP) is 1.77. The number of aliphatic hydroxyl groups excluding tert-OH is 1. The van der Waals surface area contributed by atoms with Crippen LogP contribution in [0.3, 0.4) is 0 Å². The van der Waals surface area contributed by atoms with Gasteiger partial charge < -0.3 is 10.4 Å². The van der Waals surface area contributed by atoms with Crippen LogP contribution in [-0.4, -0.2) is 29.1 Å². The first-order valence-electron chi connectivity index (χ1n) is 6.10. The first-order valence-corrected chi connectivity index (χ1v) is 6.91. The summed E-state index contributed by atoms with van der Waals surface area (Å²) in [5, 5.41) is 12.2. The van der Waals surface area contributed by atoms with E-state index < -0.39 is 6.61 Å². The van der Waals surface area contributed by atoms with Crippen molar-refractivity contribution in [1.29, 1.82) is 0 Å². The highest BCUT2D eigenvalue weighted by Gasteiger charge is 2.09. The van der Waals surface area contributed by atoms with Crippen molar-refractivity contribution in [2.75, 3.05) is 13.2 Å². The number of amides is 1. The summed E-state index contributed by atoms with van der Waals surface area (Å²) in [4.78, 5) is 16.7. The molecule has 1 amide bonds. The van der Waals surface area contributed by atoms with Crippen LogP contribution in [0.25, 0.3) is 11.3 Å². The molecule has 0 unspecified atom stereocenters. The topological polar surface area (TPSA) is 62.2 Å². The van der Waals surface area contributed by atoms with E-state index in [1.54, 1.807) is 11.3 Å². The average Bonchev–Trinajstić information content (AvgIpc) is 2.80. The molecule has 19 heavy (non-hydrogen) atoms. The third-order valence-electron chi connectivity index (χ3n) is 2.69. The number of carbonyl (C=O) groups is 1. The second-order valence-corrected chi connectivity index (χ2v) is 5.42. The smallest absolute Gasteiger partial charge is 0.245 e. The lowest BCUT2D eigenvalue weighted by Crippen LogP contribution is -2.28. The van der Waals surface area contributed by atoms with Crippen molar-refractivity contribution < 1.29 is 9.90 Å². The second-order valence-electron chi connectivity index (χ2n) is 4.14. The van der Waals surface area contributed by atoms with Crippen LogP contribution in [0.4, 0.5) is 0 Å². The summed E-state index contributed by atoms with van der Waals surface area (Å²) in [7, 11) is 0. The molecule has 0 fully saturated rings. The Morgan fingerprint density at radius 3 is 2.79 bits per heavy atom. The van der Waals surface area contributed by atoms with Crippen molar-refractivity contribution in [2.24, 2.45) is 0 Å². The van der Waals surface area contributed by atoms with Gasteiger partial charge in [0, 0.05) is 23.4 Å². The summed E-state index contributed by atoms with van der Waals surface area (Å²) in [6, 6.07) is 10.1. The number of aliphatic hydroxyl groups is 1. The van der Waals surface area contributed by atoms with Gasteiger partial charge in [0.2, 0.25) is 5.91 Å². The molecule has 0 saturated heterocycles. The van der Waals surface area contributed by atoms with E-state index in [4.69, 9.17) is 5.11 Å². The number of aryl methyl sites for hydroxylation is 1. The molecule has 2 rings (SSSR count). The van der Waals surface area contributed by atoms with E-state index in [0.29, 0.717) is 13.0 Å². The van der Waals surface area contributed by atoms with E-state index in [1.165, 1.54) is 4.88 Å². The van der Waals surface area contributed by atoms with E-state index in [-0.39, 0.29) is 5.91 Å². The molecule has 0 atom stereocenters. The molecule has 0 aliphatic heterocycles. The van der Waals surface area contributed by atoms with Crippen molar-refractivity contribution in [1.82, 2.24) is 10.3 Å². The quantitative estimate of drug-likeness (QED) is 0.875. The van der Waals surface area contributed by atoms with Crippen LogP contribution in [-0.2, 0) is 11.2 Å². The van der Waals surface area contributed by atoms with Crippen LogP contribution in [0.5, 0.6) is 0 Å². The summed E-state index contributed by atoms with van der Waals surface area (Å²) in [5.41, 5.74) is 2.12. The third kappa shape index (κ3) is 3.62. The number of rotatable bonds is 5. The van der Waals surface area contributed by atoms with Gasteiger partial charge in [-0.1, -0.05) is 30.3 Å². The summed E-state index contributed by atoms with van der Waals surface area (Å²) in [6.07, 6.45) is 0.685. The Bertz CT molecular complexity index is 552. The minimum atomic E-state index is -0.466. The van der Waals surface area contributed by atoms with Crippen molar-refractivity contribution in [3.63, 3.8) is 0 Å². The molecule has 2 aromatic rings. The Kier molecular flexibility index (Phi) is 4.65. The number of hydrogen-bond donors (Lipinski definition) is 2. The van der Waals surface area contributed by atoms with Gasteiger partial charge in [-0.2, -0.15) is 0 Å². The van der Waals surface area contributed by atoms with Gasteiger partial charge in [-0.05, 0) is 6.92 Å². The summed E-state index contributed by atoms with van der Waals surface area (Å²) < 4.78 is 0. The number of hydrogen-bond acceptors (Lipinski definition) is 4. The number of nitrogens with one attached hydrogen (secondary N) is 1. The molecule has 0 saturated carbocycles. The van der Waals surface area contributed by atoms with Crippen molar-refractivity contribution in [3.8, 4) is 11.3 Å². The van der Waals surface area contributed by atoms with E-state index in [0.717, 1.165) is 16.3 Å². The van der Waals surface area contributed by atoms with Crippen LogP contribution in [0, 0.1) is 6.92 Å². The fourth-order valence-corrected chi connectivity index (χ4v) is 2.74. The van der Waals surface area contributed by atoms with Gasteiger partial charge in [0.15, 0.2) is 0 Å². The Morgan fingerprint density at radius 2 is 2.11 bits per heavy atom. The van der Waals surface area contributed by atoms with Crippen LogP contribution in [0.1, 0.15) is 9.88 Å². The minimum absolute atomic E-state index is 0.350. The molecule has 1 heterocycles. The van der Waals surface area contributed by atoms with Gasteiger partial charge in [-0.15, -0.1) is 11.3 Å². The van der Waals surface area contributed by atoms with Crippen LogP contribution in [0.15, 0.2) is 30.3 Å². The molecule has 100 valence electrons. The molecule has 0 radical (unpaired) electrons. The maximum absolute atomic E-state index is 10.9. The standard InChI is InChI=1S/C14H16N2O2S/c1-10-14(11-5-3-2-4-6-11)16-13(19-10)7-8-15-12(18)9-17/h2-6,17H,7-9H2,1H3,(H,15,18). The number of nitrogens with zero attached hydrogens (tertiary/aromatic N) is 1. The van der Waals surface area contributed by atoms with Crippen molar-refractivity contribution >= 4 is 17.2 Å². The molecule has 0 bridgehead atoms. The van der Waals surface area contributed by atoms with Crippen LogP contribution >= 0.6 is 11.3 Å². The normalized spacial score (nSPS) is 10.4. The van der Waals surface area contributed by atoms with Crippen molar-refractivity contribution in [3.05, 3.63) is 40.2 Å². The average molecular weight is 276 g/mol. The second kappa shape index (κ2) is 6.45. The zero-order valence-corrected chi connectivity index (χ0v) is 11.5. The summed E-state index contributed by atoms with van der Waals surface area (Å²) >= 11 is 1.64. The summed E-state index contributed by atoms with van der Waals surface area (Å²) in [6.45, 7) is 2.09. The molecule has 0 aliphatic carbocycles. The van der Waals surface area contributed by atoms with Gasteiger partial charge in [-0.3, -0.25) is 4.79 Å². The van der Waals surface area contributed by atoms with Gasteiger partial charge in [-0.25, -0.2) is 4.98 Å².